The maximum Gasteiger partial charge on any atom is 0.329 e. The van der Waals surface area contributed by atoms with E-state index in [1.54, 1.807) is 12.3 Å². The Morgan fingerprint density at radius 2 is 2.08 bits per heavy atom. The van der Waals surface area contributed by atoms with Crippen molar-refractivity contribution >= 4 is 17.5 Å². The molecule has 26 heavy (non-hydrogen) atoms. The first-order chi connectivity index (χ1) is 12.4. The van der Waals surface area contributed by atoms with Gasteiger partial charge < -0.3 is 10.1 Å². The van der Waals surface area contributed by atoms with E-state index in [9.17, 15) is 14.4 Å². The molecule has 1 amide bonds. The van der Waals surface area contributed by atoms with Crippen molar-refractivity contribution in [3.05, 3.63) is 46.0 Å². The van der Waals surface area contributed by atoms with Crippen molar-refractivity contribution in [2.75, 3.05) is 0 Å². The monoisotopic (exact) mass is 357 g/mol. The number of ether oxygens (including phenoxy) is 1. The van der Waals surface area contributed by atoms with Gasteiger partial charge in [-0.25, -0.2) is 9.78 Å². The normalized spacial score (nSPS) is 15.8. The minimum absolute atomic E-state index is 0.0960. The molecule has 138 valence electrons. The van der Waals surface area contributed by atoms with E-state index in [-0.39, 0.29) is 24.0 Å². The van der Waals surface area contributed by atoms with Gasteiger partial charge in [0, 0.05) is 19.2 Å². The van der Waals surface area contributed by atoms with Crippen LogP contribution in [-0.4, -0.2) is 27.3 Å². The number of aryl methyl sites for hydroxylation is 1. The lowest BCUT2D eigenvalue weighted by Crippen LogP contribution is -2.45. The fourth-order valence-corrected chi connectivity index (χ4v) is 3.45. The Bertz CT molecular complexity index is 884. The molecular formula is C19H23N3O4. The number of esters is 1. The maximum absolute atomic E-state index is 12.5. The van der Waals surface area contributed by atoms with Gasteiger partial charge in [0.15, 0.2) is 0 Å². The van der Waals surface area contributed by atoms with Crippen LogP contribution in [0.25, 0.3) is 5.65 Å². The van der Waals surface area contributed by atoms with Crippen LogP contribution >= 0.6 is 0 Å². The predicted molar refractivity (Wildman–Crippen MR) is 95.6 cm³/mol. The van der Waals surface area contributed by atoms with Gasteiger partial charge in [0.05, 0.1) is 5.69 Å². The van der Waals surface area contributed by atoms with E-state index in [0.717, 1.165) is 31.2 Å². The molecule has 7 nitrogen and oxygen atoms in total. The van der Waals surface area contributed by atoms with Crippen LogP contribution in [0.2, 0.25) is 0 Å². The third-order valence-corrected chi connectivity index (χ3v) is 4.71. The molecule has 0 bridgehead atoms. The van der Waals surface area contributed by atoms with Gasteiger partial charge in [-0.15, -0.1) is 0 Å². The molecule has 1 atom stereocenters. The summed E-state index contributed by atoms with van der Waals surface area (Å²) in [5.41, 5.74) is 1.62. The lowest BCUT2D eigenvalue weighted by molar-refractivity contribution is -0.150. The molecule has 0 spiro atoms. The Morgan fingerprint density at radius 3 is 2.77 bits per heavy atom. The quantitative estimate of drug-likeness (QED) is 0.823. The van der Waals surface area contributed by atoms with Gasteiger partial charge in [-0.3, -0.25) is 14.0 Å². The molecule has 3 rings (SSSR count). The zero-order valence-electron chi connectivity index (χ0n) is 15.0. The molecule has 2 aromatic rings. The summed E-state index contributed by atoms with van der Waals surface area (Å²) in [6.45, 7) is 3.19. The van der Waals surface area contributed by atoms with Crippen molar-refractivity contribution in [1.29, 1.82) is 0 Å². The SMILES string of the molecule is CC(=O)N[C@@H](C(=O)OCc1cc(=O)n2cc(C)ccc2n1)C1CCCC1. The number of aromatic nitrogens is 2. The van der Waals surface area contributed by atoms with Crippen LogP contribution in [0.5, 0.6) is 0 Å². The van der Waals surface area contributed by atoms with Gasteiger partial charge in [0.2, 0.25) is 5.91 Å². The second kappa shape index (κ2) is 7.68. The Hall–Kier alpha value is -2.70. The van der Waals surface area contributed by atoms with Gasteiger partial charge in [0.25, 0.3) is 5.56 Å². The first kappa shape index (κ1) is 18.1. The van der Waals surface area contributed by atoms with Crippen LogP contribution in [0.1, 0.15) is 43.9 Å². The Kier molecular flexibility index (Phi) is 5.35. The van der Waals surface area contributed by atoms with Gasteiger partial charge in [-0.05, 0) is 37.3 Å². The smallest absolute Gasteiger partial charge is 0.329 e. The van der Waals surface area contributed by atoms with E-state index in [0.29, 0.717) is 11.3 Å². The highest BCUT2D eigenvalue weighted by Gasteiger charge is 2.32. The average molecular weight is 357 g/mol. The van der Waals surface area contributed by atoms with Crippen LogP contribution in [0.15, 0.2) is 29.2 Å². The van der Waals surface area contributed by atoms with E-state index >= 15 is 0 Å². The maximum atomic E-state index is 12.5. The number of nitrogens with one attached hydrogen (secondary N) is 1. The fourth-order valence-electron chi connectivity index (χ4n) is 3.45. The number of amides is 1. The summed E-state index contributed by atoms with van der Waals surface area (Å²) >= 11 is 0. The molecule has 2 aromatic heterocycles. The van der Waals surface area contributed by atoms with E-state index in [2.05, 4.69) is 10.3 Å². The number of pyridine rings is 1. The molecule has 0 radical (unpaired) electrons. The van der Waals surface area contributed by atoms with Crippen LogP contribution in [0.3, 0.4) is 0 Å². The number of rotatable bonds is 5. The minimum atomic E-state index is -0.640. The molecule has 1 fully saturated rings. The van der Waals surface area contributed by atoms with Crippen molar-refractivity contribution in [2.24, 2.45) is 5.92 Å². The molecule has 1 N–H and O–H groups in total. The molecule has 1 aliphatic carbocycles. The van der Waals surface area contributed by atoms with Crippen LogP contribution in [0, 0.1) is 12.8 Å². The van der Waals surface area contributed by atoms with Crippen LogP contribution in [-0.2, 0) is 20.9 Å². The lowest BCUT2D eigenvalue weighted by atomic mass is 9.98. The highest BCUT2D eigenvalue weighted by Crippen LogP contribution is 2.28. The summed E-state index contributed by atoms with van der Waals surface area (Å²) in [6.07, 6.45) is 5.62. The number of fused-ring (bicyclic) bond motifs is 1. The summed E-state index contributed by atoms with van der Waals surface area (Å²) in [4.78, 5) is 40.5. The topological polar surface area (TPSA) is 89.8 Å². The zero-order valence-corrected chi connectivity index (χ0v) is 15.0. The molecule has 1 aliphatic rings. The van der Waals surface area contributed by atoms with E-state index in [1.165, 1.54) is 17.4 Å². The second-order valence-electron chi connectivity index (χ2n) is 6.85. The molecule has 0 aliphatic heterocycles. The fraction of sp³-hybridized carbons (Fsp3) is 0.474. The van der Waals surface area contributed by atoms with Gasteiger partial charge in [0.1, 0.15) is 18.3 Å². The first-order valence-corrected chi connectivity index (χ1v) is 8.87. The Morgan fingerprint density at radius 1 is 1.35 bits per heavy atom. The molecular weight excluding hydrogens is 334 g/mol. The summed E-state index contributed by atoms with van der Waals surface area (Å²) in [5, 5.41) is 2.71. The summed E-state index contributed by atoms with van der Waals surface area (Å²) in [7, 11) is 0. The minimum Gasteiger partial charge on any atom is -0.458 e. The zero-order chi connectivity index (χ0) is 18.7. The Balaban J connectivity index is 1.73. The van der Waals surface area contributed by atoms with Crippen LogP contribution in [0.4, 0.5) is 0 Å². The van der Waals surface area contributed by atoms with Crippen molar-refractivity contribution in [3.63, 3.8) is 0 Å². The largest absolute Gasteiger partial charge is 0.458 e. The van der Waals surface area contributed by atoms with Crippen molar-refractivity contribution in [2.45, 2.75) is 52.2 Å². The number of carbonyl (C=O) groups excluding carboxylic acids is 2. The molecule has 7 heteroatoms. The number of carbonyl (C=O) groups is 2. The highest BCUT2D eigenvalue weighted by atomic mass is 16.5. The lowest BCUT2D eigenvalue weighted by Gasteiger charge is -2.22. The molecule has 0 unspecified atom stereocenters. The van der Waals surface area contributed by atoms with Crippen molar-refractivity contribution < 1.29 is 14.3 Å². The van der Waals surface area contributed by atoms with Gasteiger partial charge >= 0.3 is 5.97 Å². The van der Waals surface area contributed by atoms with Crippen molar-refractivity contribution in [1.82, 2.24) is 14.7 Å². The molecule has 1 saturated carbocycles. The predicted octanol–water partition coefficient (Wildman–Crippen LogP) is 1.74. The summed E-state index contributed by atoms with van der Waals surface area (Å²) in [5.74, 6) is -0.626. The van der Waals surface area contributed by atoms with Gasteiger partial charge in [-0.1, -0.05) is 18.9 Å². The second-order valence-corrected chi connectivity index (χ2v) is 6.85. The summed E-state index contributed by atoms with van der Waals surface area (Å²) in [6, 6.07) is 4.34. The van der Waals surface area contributed by atoms with Crippen LogP contribution < -0.4 is 10.9 Å². The third-order valence-electron chi connectivity index (χ3n) is 4.71. The van der Waals surface area contributed by atoms with E-state index < -0.39 is 12.0 Å². The molecule has 0 saturated heterocycles. The molecule has 0 aromatic carbocycles. The van der Waals surface area contributed by atoms with E-state index in [1.807, 2.05) is 13.0 Å². The average Bonchev–Trinajstić information content (AvgIpc) is 3.12. The van der Waals surface area contributed by atoms with Crippen molar-refractivity contribution in [3.8, 4) is 0 Å². The third kappa shape index (κ3) is 4.09. The number of hydrogen-bond acceptors (Lipinski definition) is 5. The number of nitrogens with zero attached hydrogens (tertiary/aromatic N) is 2. The summed E-state index contributed by atoms with van der Waals surface area (Å²) < 4.78 is 6.82. The standard InChI is InChI=1S/C19H23N3O4/c1-12-7-8-16-21-15(9-17(24)22(16)10-12)11-26-19(25)18(20-13(2)23)14-5-3-4-6-14/h7-10,14,18H,3-6,11H2,1-2H3,(H,20,23)/t18-/m1/s1. The number of hydrogen-bond donors (Lipinski definition) is 1. The van der Waals surface area contributed by atoms with Gasteiger partial charge in [-0.2, -0.15) is 0 Å². The highest BCUT2D eigenvalue weighted by molar-refractivity contribution is 5.83. The first-order valence-electron chi connectivity index (χ1n) is 8.87. The Labute approximate surface area is 151 Å². The van der Waals surface area contributed by atoms with E-state index in [4.69, 9.17) is 4.74 Å². The molecule has 2 heterocycles.